The molecule has 0 saturated carbocycles. The highest BCUT2D eigenvalue weighted by Crippen LogP contribution is 2.19. The lowest BCUT2D eigenvalue weighted by atomic mass is 10.1. The Morgan fingerprint density at radius 3 is 2.46 bits per heavy atom. The molecule has 2 aromatic rings. The van der Waals surface area contributed by atoms with Crippen molar-refractivity contribution in [2.24, 2.45) is 0 Å². The molecule has 1 N–H and O–H groups in total. The van der Waals surface area contributed by atoms with Gasteiger partial charge < -0.3 is 10.1 Å². The minimum absolute atomic E-state index is 0.0266. The van der Waals surface area contributed by atoms with E-state index in [0.717, 1.165) is 28.3 Å². The molecule has 0 aliphatic rings. The van der Waals surface area contributed by atoms with E-state index in [1.165, 1.54) is 11.1 Å². The van der Waals surface area contributed by atoms with Crippen LogP contribution in [0.3, 0.4) is 0 Å². The number of hydrogen-bond acceptors (Lipinski definition) is 3. The van der Waals surface area contributed by atoms with E-state index in [4.69, 9.17) is 4.74 Å². The molecule has 0 radical (unpaired) electrons. The number of thioether (sulfide) groups is 1. The third-order valence-corrected chi connectivity index (χ3v) is 4.64. The smallest absolute Gasteiger partial charge is 0.234 e. The second-order valence-electron chi connectivity index (χ2n) is 6.04. The molecule has 1 amide bonds. The third-order valence-electron chi connectivity index (χ3n) is 3.72. The topological polar surface area (TPSA) is 38.3 Å². The number of carbonyl (C=O) groups is 1. The first-order valence-corrected chi connectivity index (χ1v) is 9.26. The maximum Gasteiger partial charge on any atom is 0.234 e. The van der Waals surface area contributed by atoms with Gasteiger partial charge in [-0.15, -0.1) is 11.8 Å². The summed E-state index contributed by atoms with van der Waals surface area (Å²) in [5.74, 6) is 2.17. The number of nitrogens with one attached hydrogen (secondary N) is 1. The maximum atomic E-state index is 12.0. The summed E-state index contributed by atoms with van der Waals surface area (Å²) < 4.78 is 5.80. The molecule has 0 unspecified atom stereocenters. The van der Waals surface area contributed by atoms with E-state index in [-0.39, 0.29) is 5.91 Å². The molecule has 0 fully saturated rings. The van der Waals surface area contributed by atoms with E-state index in [2.05, 4.69) is 30.4 Å². The zero-order valence-electron chi connectivity index (χ0n) is 14.8. The summed E-state index contributed by atoms with van der Waals surface area (Å²) in [5, 5.41) is 2.96. The number of amides is 1. The lowest BCUT2D eigenvalue weighted by Gasteiger charge is -2.11. The van der Waals surface area contributed by atoms with Gasteiger partial charge in [-0.2, -0.15) is 0 Å². The minimum Gasteiger partial charge on any atom is -0.492 e. The average Bonchev–Trinajstić information content (AvgIpc) is 2.53. The lowest BCUT2D eigenvalue weighted by Crippen LogP contribution is -2.16. The molecule has 0 heterocycles. The van der Waals surface area contributed by atoms with Crippen molar-refractivity contribution in [3.05, 3.63) is 58.7 Å². The Labute approximate surface area is 148 Å². The van der Waals surface area contributed by atoms with Gasteiger partial charge in [-0.3, -0.25) is 4.79 Å². The Morgan fingerprint density at radius 1 is 1.00 bits per heavy atom. The summed E-state index contributed by atoms with van der Waals surface area (Å²) in [6.45, 7) is 8.75. The highest BCUT2D eigenvalue weighted by molar-refractivity contribution is 7.99. The van der Waals surface area contributed by atoms with Crippen LogP contribution in [-0.2, 0) is 4.79 Å². The molecular formula is C20H25NO2S. The van der Waals surface area contributed by atoms with Gasteiger partial charge in [0.05, 0.1) is 12.4 Å². The fraction of sp³-hybridized carbons (Fsp3) is 0.350. The Hall–Kier alpha value is -1.94. The number of anilines is 1. The molecule has 2 rings (SSSR count). The number of hydrogen-bond donors (Lipinski definition) is 1. The van der Waals surface area contributed by atoms with Crippen molar-refractivity contribution < 1.29 is 9.53 Å². The molecule has 0 bridgehead atoms. The van der Waals surface area contributed by atoms with Crippen molar-refractivity contribution in [1.29, 1.82) is 0 Å². The largest absolute Gasteiger partial charge is 0.492 e. The molecule has 4 heteroatoms. The predicted molar refractivity (Wildman–Crippen MR) is 103 cm³/mol. The summed E-state index contributed by atoms with van der Waals surface area (Å²) in [7, 11) is 0. The van der Waals surface area contributed by atoms with Crippen LogP contribution in [0.15, 0.2) is 36.4 Å². The molecule has 24 heavy (non-hydrogen) atoms. The summed E-state index contributed by atoms with van der Waals surface area (Å²) in [4.78, 5) is 12.0. The van der Waals surface area contributed by atoms with Gasteiger partial charge >= 0.3 is 0 Å². The fourth-order valence-electron chi connectivity index (χ4n) is 2.38. The number of rotatable bonds is 7. The second-order valence-corrected chi connectivity index (χ2v) is 7.14. The summed E-state index contributed by atoms with van der Waals surface area (Å²) in [6.07, 6.45) is 0. The predicted octanol–water partition coefficient (Wildman–Crippen LogP) is 4.67. The van der Waals surface area contributed by atoms with Gasteiger partial charge in [-0.05, 0) is 56.5 Å². The van der Waals surface area contributed by atoms with E-state index < -0.39 is 0 Å². The zero-order valence-corrected chi connectivity index (χ0v) is 15.6. The second kappa shape index (κ2) is 8.78. The molecule has 0 aromatic heterocycles. The van der Waals surface area contributed by atoms with E-state index in [1.807, 2.05) is 39.0 Å². The normalized spacial score (nSPS) is 10.5. The molecule has 0 aliphatic carbocycles. The monoisotopic (exact) mass is 343 g/mol. The highest BCUT2D eigenvalue weighted by atomic mass is 32.2. The van der Waals surface area contributed by atoms with Crippen LogP contribution < -0.4 is 10.1 Å². The van der Waals surface area contributed by atoms with Gasteiger partial charge in [-0.1, -0.05) is 29.8 Å². The average molecular weight is 343 g/mol. The van der Waals surface area contributed by atoms with E-state index in [0.29, 0.717) is 12.4 Å². The number of benzene rings is 2. The summed E-state index contributed by atoms with van der Waals surface area (Å²) in [5.41, 5.74) is 5.50. The Balaban J connectivity index is 1.70. The van der Waals surface area contributed by atoms with Crippen molar-refractivity contribution in [1.82, 2.24) is 0 Å². The van der Waals surface area contributed by atoms with Crippen molar-refractivity contribution in [2.45, 2.75) is 27.7 Å². The van der Waals surface area contributed by atoms with Crippen molar-refractivity contribution in [3.8, 4) is 5.75 Å². The molecule has 2 aromatic carbocycles. The maximum absolute atomic E-state index is 12.0. The van der Waals surface area contributed by atoms with Crippen molar-refractivity contribution in [2.75, 3.05) is 23.4 Å². The molecule has 0 spiro atoms. The van der Waals surface area contributed by atoms with Crippen LogP contribution in [0.25, 0.3) is 0 Å². The quantitative estimate of drug-likeness (QED) is 0.742. The Kier molecular flexibility index (Phi) is 6.73. The van der Waals surface area contributed by atoms with Crippen LogP contribution in [0.4, 0.5) is 5.69 Å². The molecule has 0 saturated heterocycles. The SMILES string of the molecule is Cc1ccc(NC(=O)CSCCOc2cc(C)ccc2C)c(C)c1. The molecular weight excluding hydrogens is 318 g/mol. The van der Waals surface area contributed by atoms with Gasteiger partial charge in [-0.25, -0.2) is 0 Å². The van der Waals surface area contributed by atoms with Crippen LogP contribution in [0.5, 0.6) is 5.75 Å². The first-order valence-electron chi connectivity index (χ1n) is 8.10. The van der Waals surface area contributed by atoms with E-state index in [1.54, 1.807) is 11.8 Å². The van der Waals surface area contributed by atoms with Gasteiger partial charge in [0, 0.05) is 11.4 Å². The van der Waals surface area contributed by atoms with Gasteiger partial charge in [0.25, 0.3) is 0 Å². The molecule has 0 aliphatic heterocycles. The first kappa shape index (κ1) is 18.4. The first-order chi connectivity index (χ1) is 11.5. The van der Waals surface area contributed by atoms with E-state index >= 15 is 0 Å². The molecule has 3 nitrogen and oxygen atoms in total. The van der Waals surface area contributed by atoms with Crippen LogP contribution in [0.1, 0.15) is 22.3 Å². The van der Waals surface area contributed by atoms with Crippen molar-refractivity contribution in [3.63, 3.8) is 0 Å². The lowest BCUT2D eigenvalue weighted by molar-refractivity contribution is -0.113. The minimum atomic E-state index is 0.0266. The van der Waals surface area contributed by atoms with Crippen LogP contribution in [0.2, 0.25) is 0 Å². The third kappa shape index (κ3) is 5.60. The van der Waals surface area contributed by atoms with Crippen molar-refractivity contribution >= 4 is 23.4 Å². The summed E-state index contributed by atoms with van der Waals surface area (Å²) in [6, 6.07) is 12.2. The molecule has 128 valence electrons. The highest BCUT2D eigenvalue weighted by Gasteiger charge is 2.05. The van der Waals surface area contributed by atoms with Crippen LogP contribution >= 0.6 is 11.8 Å². The Morgan fingerprint density at radius 2 is 1.71 bits per heavy atom. The van der Waals surface area contributed by atoms with Crippen LogP contribution in [-0.4, -0.2) is 24.0 Å². The zero-order chi connectivity index (χ0) is 17.5. The Bertz CT molecular complexity index is 713. The fourth-order valence-corrected chi connectivity index (χ4v) is 2.98. The van der Waals surface area contributed by atoms with E-state index in [9.17, 15) is 4.79 Å². The standard InChI is InChI=1S/C20H25NO2S/c1-14-6-8-18(17(4)11-14)21-20(22)13-24-10-9-23-19-12-15(2)5-7-16(19)3/h5-8,11-12H,9-10,13H2,1-4H3,(H,21,22). The van der Waals surface area contributed by atoms with Gasteiger partial charge in [0.1, 0.15) is 5.75 Å². The number of carbonyl (C=O) groups excluding carboxylic acids is 1. The number of aryl methyl sites for hydroxylation is 4. The van der Waals surface area contributed by atoms with Gasteiger partial charge in [0.2, 0.25) is 5.91 Å². The molecule has 0 atom stereocenters. The van der Waals surface area contributed by atoms with Gasteiger partial charge in [0.15, 0.2) is 0 Å². The van der Waals surface area contributed by atoms with Crippen LogP contribution in [0, 0.1) is 27.7 Å². The number of ether oxygens (including phenoxy) is 1. The summed E-state index contributed by atoms with van der Waals surface area (Å²) >= 11 is 1.58.